The molecule has 0 aliphatic rings. The number of nitrogens with two attached hydrogens (primary N) is 1. The summed E-state index contributed by atoms with van der Waals surface area (Å²) in [4.78, 5) is 4.00. The first-order valence-corrected chi connectivity index (χ1v) is 6.20. The molecule has 0 saturated carbocycles. The van der Waals surface area contributed by atoms with Crippen LogP contribution in [0.5, 0.6) is 0 Å². The van der Waals surface area contributed by atoms with Gasteiger partial charge in [-0.15, -0.1) is 0 Å². The zero-order valence-electron chi connectivity index (χ0n) is 9.31. The van der Waals surface area contributed by atoms with E-state index in [4.69, 9.17) is 16.2 Å². The number of rotatable bonds is 6. The van der Waals surface area contributed by atoms with Gasteiger partial charge in [-0.05, 0) is 24.1 Å². The number of aromatic nitrogens is 1. The molecule has 0 amide bonds. The van der Waals surface area contributed by atoms with Gasteiger partial charge in [-0.3, -0.25) is 10.4 Å². The highest BCUT2D eigenvalue weighted by atomic mass is 32.2. The number of thioether (sulfide) groups is 1. The van der Waals surface area contributed by atoms with Gasteiger partial charge in [0.05, 0.1) is 0 Å². The highest BCUT2D eigenvalue weighted by Gasteiger charge is 2.04. The van der Waals surface area contributed by atoms with E-state index in [0.717, 1.165) is 17.7 Å². The number of aliphatic hydroxyl groups excluding tert-OH is 1. The van der Waals surface area contributed by atoms with Gasteiger partial charge in [-0.1, -0.05) is 6.92 Å². The Morgan fingerprint density at radius 2 is 2.44 bits per heavy atom. The maximum atomic E-state index is 8.78. The number of hydrogen-bond donors (Lipinski definition) is 3. The van der Waals surface area contributed by atoms with E-state index in [1.54, 1.807) is 18.0 Å². The van der Waals surface area contributed by atoms with E-state index in [0.29, 0.717) is 10.9 Å². The third-order valence-electron chi connectivity index (χ3n) is 2.17. The van der Waals surface area contributed by atoms with Crippen LogP contribution in [-0.4, -0.2) is 27.8 Å². The number of pyridine rings is 1. The van der Waals surface area contributed by atoms with Crippen LogP contribution in [0.2, 0.25) is 0 Å². The topological polar surface area (TPSA) is 83.0 Å². The second-order valence-corrected chi connectivity index (χ2v) is 5.02. The van der Waals surface area contributed by atoms with Crippen molar-refractivity contribution in [3.8, 4) is 0 Å². The Morgan fingerprint density at radius 3 is 3.06 bits per heavy atom. The average Bonchev–Trinajstić information content (AvgIpc) is 2.27. The van der Waals surface area contributed by atoms with Crippen molar-refractivity contribution in [3.05, 3.63) is 29.6 Å². The molecule has 0 aliphatic carbocycles. The summed E-state index contributed by atoms with van der Waals surface area (Å²) in [6.07, 6.45) is 2.47. The van der Waals surface area contributed by atoms with Crippen LogP contribution in [0.4, 0.5) is 0 Å². The van der Waals surface area contributed by atoms with Gasteiger partial charge in [-0.2, -0.15) is 11.8 Å². The molecule has 4 nitrogen and oxygen atoms in total. The largest absolute Gasteiger partial charge is 0.396 e. The molecule has 1 unspecified atom stereocenters. The molecule has 0 spiro atoms. The summed E-state index contributed by atoms with van der Waals surface area (Å²) in [7, 11) is 0. The molecule has 0 aromatic carbocycles. The summed E-state index contributed by atoms with van der Waals surface area (Å²) in [6, 6.07) is 3.76. The van der Waals surface area contributed by atoms with Crippen LogP contribution in [0.15, 0.2) is 18.3 Å². The molecule has 88 valence electrons. The fourth-order valence-electron chi connectivity index (χ4n) is 1.21. The molecular formula is C11H17N3OS. The molecule has 0 aliphatic heterocycles. The molecule has 1 atom stereocenters. The second-order valence-electron chi connectivity index (χ2n) is 3.60. The van der Waals surface area contributed by atoms with E-state index < -0.39 is 0 Å². The van der Waals surface area contributed by atoms with Crippen LogP contribution in [0.25, 0.3) is 0 Å². The SMILES string of the molecule is CC(CCO)SCc1ccnc(C(=N)N)c1. The molecule has 1 rings (SSSR count). The first kappa shape index (κ1) is 13.0. The summed E-state index contributed by atoms with van der Waals surface area (Å²) >= 11 is 1.78. The van der Waals surface area contributed by atoms with E-state index in [1.807, 2.05) is 12.1 Å². The van der Waals surface area contributed by atoms with Crippen LogP contribution in [0.3, 0.4) is 0 Å². The minimum absolute atomic E-state index is 0.00439. The minimum atomic E-state index is -0.00439. The van der Waals surface area contributed by atoms with Crippen molar-refractivity contribution in [2.24, 2.45) is 5.73 Å². The summed E-state index contributed by atoms with van der Waals surface area (Å²) in [5.41, 5.74) is 6.99. The number of amidine groups is 1. The standard InChI is InChI=1S/C11H17N3OS/c1-8(3-5-15)16-7-9-2-4-14-10(6-9)11(12)13/h2,4,6,8,15H,3,5,7H2,1H3,(H3,12,13). The van der Waals surface area contributed by atoms with Gasteiger partial charge >= 0.3 is 0 Å². The van der Waals surface area contributed by atoms with E-state index >= 15 is 0 Å². The monoisotopic (exact) mass is 239 g/mol. The normalized spacial score (nSPS) is 12.4. The van der Waals surface area contributed by atoms with E-state index in [1.165, 1.54) is 0 Å². The van der Waals surface area contributed by atoms with Crippen LogP contribution >= 0.6 is 11.8 Å². The van der Waals surface area contributed by atoms with E-state index in [-0.39, 0.29) is 12.4 Å². The zero-order chi connectivity index (χ0) is 12.0. The maximum absolute atomic E-state index is 8.78. The summed E-state index contributed by atoms with van der Waals surface area (Å²) in [5, 5.41) is 16.5. The Morgan fingerprint density at radius 1 is 1.69 bits per heavy atom. The van der Waals surface area contributed by atoms with Gasteiger partial charge < -0.3 is 10.8 Å². The Bertz CT molecular complexity index is 357. The molecule has 1 aromatic heterocycles. The van der Waals surface area contributed by atoms with Gasteiger partial charge in [0.15, 0.2) is 0 Å². The summed E-state index contributed by atoms with van der Waals surface area (Å²) < 4.78 is 0. The number of nitrogen functional groups attached to an aromatic ring is 1. The summed E-state index contributed by atoms with van der Waals surface area (Å²) in [6.45, 7) is 2.32. The minimum Gasteiger partial charge on any atom is -0.396 e. The Balaban J connectivity index is 2.54. The molecule has 1 heterocycles. The summed E-state index contributed by atoms with van der Waals surface area (Å²) in [5.74, 6) is 0.847. The second kappa shape index (κ2) is 6.50. The van der Waals surface area contributed by atoms with Gasteiger partial charge in [0.2, 0.25) is 0 Å². The highest BCUT2D eigenvalue weighted by Crippen LogP contribution is 2.19. The number of aliphatic hydroxyl groups is 1. The molecular weight excluding hydrogens is 222 g/mol. The lowest BCUT2D eigenvalue weighted by atomic mass is 10.2. The third kappa shape index (κ3) is 4.20. The fraction of sp³-hybridized carbons (Fsp3) is 0.455. The van der Waals surface area contributed by atoms with Crippen molar-refractivity contribution in [1.29, 1.82) is 5.41 Å². The molecule has 0 radical (unpaired) electrons. The van der Waals surface area contributed by atoms with Crippen LogP contribution in [0.1, 0.15) is 24.6 Å². The predicted octanol–water partition coefficient (Wildman–Crippen LogP) is 1.37. The number of nitrogens with one attached hydrogen (secondary N) is 1. The molecule has 4 N–H and O–H groups in total. The molecule has 1 aromatic rings. The molecule has 0 saturated heterocycles. The quantitative estimate of drug-likeness (QED) is 0.517. The molecule has 0 fully saturated rings. The molecule has 0 bridgehead atoms. The number of nitrogens with zero attached hydrogens (tertiary/aromatic N) is 1. The van der Waals surface area contributed by atoms with Crippen LogP contribution in [-0.2, 0) is 5.75 Å². The first-order valence-electron chi connectivity index (χ1n) is 5.15. The van der Waals surface area contributed by atoms with Crippen molar-refractivity contribution >= 4 is 17.6 Å². The lowest BCUT2D eigenvalue weighted by Crippen LogP contribution is -2.13. The lowest BCUT2D eigenvalue weighted by Gasteiger charge is -2.09. The maximum Gasteiger partial charge on any atom is 0.141 e. The van der Waals surface area contributed by atoms with Crippen molar-refractivity contribution in [2.45, 2.75) is 24.3 Å². The number of hydrogen-bond acceptors (Lipinski definition) is 4. The Labute approximate surface area is 99.8 Å². The van der Waals surface area contributed by atoms with Crippen molar-refractivity contribution in [2.75, 3.05) is 6.61 Å². The van der Waals surface area contributed by atoms with Crippen LogP contribution < -0.4 is 5.73 Å². The Kier molecular flexibility index (Phi) is 5.28. The average molecular weight is 239 g/mol. The molecule has 16 heavy (non-hydrogen) atoms. The third-order valence-corrected chi connectivity index (χ3v) is 3.48. The van der Waals surface area contributed by atoms with E-state index in [2.05, 4.69) is 11.9 Å². The van der Waals surface area contributed by atoms with Crippen molar-refractivity contribution in [3.63, 3.8) is 0 Å². The van der Waals surface area contributed by atoms with Crippen molar-refractivity contribution < 1.29 is 5.11 Å². The molecule has 5 heteroatoms. The lowest BCUT2D eigenvalue weighted by molar-refractivity contribution is 0.289. The van der Waals surface area contributed by atoms with Gasteiger partial charge in [0, 0.05) is 23.8 Å². The van der Waals surface area contributed by atoms with Gasteiger partial charge in [0.1, 0.15) is 11.5 Å². The van der Waals surface area contributed by atoms with Gasteiger partial charge in [0.25, 0.3) is 0 Å². The smallest absolute Gasteiger partial charge is 0.141 e. The van der Waals surface area contributed by atoms with Crippen molar-refractivity contribution in [1.82, 2.24) is 4.98 Å². The zero-order valence-corrected chi connectivity index (χ0v) is 10.1. The Hall–Kier alpha value is -1.07. The highest BCUT2D eigenvalue weighted by molar-refractivity contribution is 7.99. The van der Waals surface area contributed by atoms with E-state index in [9.17, 15) is 0 Å². The van der Waals surface area contributed by atoms with Crippen LogP contribution in [0, 0.1) is 5.41 Å². The fourth-order valence-corrected chi connectivity index (χ4v) is 2.14. The van der Waals surface area contributed by atoms with Gasteiger partial charge in [-0.25, -0.2) is 0 Å². The predicted molar refractivity (Wildman–Crippen MR) is 67.7 cm³/mol. The first-order chi connectivity index (χ1) is 7.63.